The monoisotopic (exact) mass is 326 g/mol. The third-order valence-electron chi connectivity index (χ3n) is 5.65. The molecule has 0 radical (unpaired) electrons. The molecule has 2 heterocycles. The Kier molecular flexibility index (Phi) is 4.77. The number of fused-ring (bicyclic) bond motifs is 1. The lowest BCUT2D eigenvalue weighted by Crippen LogP contribution is -2.51. The highest BCUT2D eigenvalue weighted by Crippen LogP contribution is 2.48. The van der Waals surface area contributed by atoms with Crippen molar-refractivity contribution in [2.75, 3.05) is 33.4 Å². The van der Waals surface area contributed by atoms with E-state index in [9.17, 15) is 14.7 Å². The van der Waals surface area contributed by atoms with E-state index < -0.39 is 11.4 Å². The zero-order valence-corrected chi connectivity index (χ0v) is 13.6. The lowest BCUT2D eigenvalue weighted by Gasteiger charge is -2.27. The van der Waals surface area contributed by atoms with Gasteiger partial charge in [0.1, 0.15) is 0 Å². The molecule has 7 nitrogen and oxygen atoms in total. The second-order valence-electron chi connectivity index (χ2n) is 6.99. The van der Waals surface area contributed by atoms with Gasteiger partial charge in [-0.05, 0) is 31.6 Å². The summed E-state index contributed by atoms with van der Waals surface area (Å²) in [5, 5.41) is 12.6. The maximum atomic E-state index is 12.6. The number of amides is 2. The average Bonchev–Trinajstić information content (AvgIpc) is 3.21. The van der Waals surface area contributed by atoms with Crippen LogP contribution in [0.1, 0.15) is 32.1 Å². The standard InChI is InChI=1S/C16H26N2O5/c1-22-9-12(13-5-3-7-23-13)17-15(21)18-8-11-4-2-6-16(11,10-18)14(19)20/h11-13H,2-10H2,1H3,(H,17,21)(H,19,20)/t11-,12?,13?,16+/m0/s1. The van der Waals surface area contributed by atoms with Gasteiger partial charge < -0.3 is 24.8 Å². The van der Waals surface area contributed by atoms with Crippen LogP contribution in [0.5, 0.6) is 0 Å². The molecule has 0 bridgehead atoms. The number of nitrogens with zero attached hydrogens (tertiary/aromatic N) is 1. The topological polar surface area (TPSA) is 88.1 Å². The van der Waals surface area contributed by atoms with Crippen LogP contribution in [0.4, 0.5) is 4.79 Å². The molecule has 2 amide bonds. The first-order chi connectivity index (χ1) is 11.1. The Hall–Kier alpha value is -1.34. The van der Waals surface area contributed by atoms with Crippen LogP contribution in [0.3, 0.4) is 0 Å². The summed E-state index contributed by atoms with van der Waals surface area (Å²) in [6.45, 7) is 1.96. The van der Waals surface area contributed by atoms with Gasteiger partial charge in [-0.3, -0.25) is 4.79 Å². The van der Waals surface area contributed by atoms with Crippen molar-refractivity contribution in [1.29, 1.82) is 0 Å². The minimum Gasteiger partial charge on any atom is -0.481 e. The van der Waals surface area contributed by atoms with Gasteiger partial charge in [-0.25, -0.2) is 4.79 Å². The molecule has 3 rings (SSSR count). The van der Waals surface area contributed by atoms with Crippen molar-refractivity contribution in [2.45, 2.75) is 44.2 Å². The molecule has 3 fully saturated rings. The number of rotatable bonds is 5. The van der Waals surface area contributed by atoms with Crippen LogP contribution >= 0.6 is 0 Å². The molecule has 3 aliphatic rings. The summed E-state index contributed by atoms with van der Waals surface area (Å²) in [5.41, 5.74) is -0.738. The number of urea groups is 1. The largest absolute Gasteiger partial charge is 0.481 e. The van der Waals surface area contributed by atoms with E-state index in [1.807, 2.05) is 0 Å². The summed E-state index contributed by atoms with van der Waals surface area (Å²) < 4.78 is 10.9. The van der Waals surface area contributed by atoms with Crippen molar-refractivity contribution in [3.05, 3.63) is 0 Å². The summed E-state index contributed by atoms with van der Waals surface area (Å²) in [7, 11) is 1.60. The third-order valence-corrected chi connectivity index (χ3v) is 5.65. The molecular formula is C16H26N2O5. The van der Waals surface area contributed by atoms with Crippen molar-refractivity contribution in [2.24, 2.45) is 11.3 Å². The number of likely N-dealkylation sites (tertiary alicyclic amines) is 1. The molecule has 23 heavy (non-hydrogen) atoms. The van der Waals surface area contributed by atoms with Crippen molar-refractivity contribution in [3.63, 3.8) is 0 Å². The van der Waals surface area contributed by atoms with E-state index in [1.165, 1.54) is 0 Å². The van der Waals surface area contributed by atoms with Crippen LogP contribution < -0.4 is 5.32 Å². The van der Waals surface area contributed by atoms with Gasteiger partial charge >= 0.3 is 12.0 Å². The van der Waals surface area contributed by atoms with Gasteiger partial charge in [-0.15, -0.1) is 0 Å². The highest BCUT2D eigenvalue weighted by Gasteiger charge is 2.56. The van der Waals surface area contributed by atoms with E-state index >= 15 is 0 Å². The van der Waals surface area contributed by atoms with Crippen LogP contribution in [-0.2, 0) is 14.3 Å². The van der Waals surface area contributed by atoms with E-state index in [-0.39, 0.29) is 24.1 Å². The number of aliphatic carboxylic acids is 1. The van der Waals surface area contributed by atoms with Gasteiger partial charge in [0.2, 0.25) is 0 Å². The number of carboxylic acid groups (broad SMARTS) is 1. The van der Waals surface area contributed by atoms with Crippen molar-refractivity contribution in [3.8, 4) is 0 Å². The number of carbonyl (C=O) groups is 2. The number of hydrogen-bond acceptors (Lipinski definition) is 4. The van der Waals surface area contributed by atoms with Gasteiger partial charge in [-0.1, -0.05) is 6.42 Å². The summed E-state index contributed by atoms with van der Waals surface area (Å²) in [4.78, 5) is 26.0. The summed E-state index contributed by atoms with van der Waals surface area (Å²) in [6, 6.07) is -0.381. The van der Waals surface area contributed by atoms with Gasteiger partial charge in [0.15, 0.2) is 0 Å². The third kappa shape index (κ3) is 3.04. The lowest BCUT2D eigenvalue weighted by molar-refractivity contribution is -0.149. The predicted molar refractivity (Wildman–Crippen MR) is 82.2 cm³/mol. The van der Waals surface area contributed by atoms with E-state index in [1.54, 1.807) is 12.0 Å². The fourth-order valence-electron chi connectivity index (χ4n) is 4.38. The molecule has 2 aliphatic heterocycles. The molecule has 2 unspecified atom stereocenters. The predicted octanol–water partition coefficient (Wildman–Crippen LogP) is 1.08. The number of methoxy groups -OCH3 is 1. The van der Waals surface area contributed by atoms with Crippen molar-refractivity contribution < 1.29 is 24.2 Å². The molecule has 1 saturated carbocycles. The average molecular weight is 326 g/mol. The minimum atomic E-state index is -0.761. The molecule has 0 spiro atoms. The Morgan fingerprint density at radius 3 is 2.87 bits per heavy atom. The first kappa shape index (κ1) is 16.5. The normalized spacial score (nSPS) is 34.4. The molecular weight excluding hydrogens is 300 g/mol. The number of nitrogens with one attached hydrogen (secondary N) is 1. The molecule has 2 saturated heterocycles. The molecule has 0 aromatic carbocycles. The molecule has 130 valence electrons. The summed E-state index contributed by atoms with van der Waals surface area (Å²) >= 11 is 0. The van der Waals surface area contributed by atoms with Crippen LogP contribution in [0.25, 0.3) is 0 Å². The smallest absolute Gasteiger partial charge is 0.317 e. The van der Waals surface area contributed by atoms with Gasteiger partial charge in [-0.2, -0.15) is 0 Å². The van der Waals surface area contributed by atoms with Crippen LogP contribution in [0.15, 0.2) is 0 Å². The Morgan fingerprint density at radius 2 is 2.26 bits per heavy atom. The first-order valence-electron chi connectivity index (χ1n) is 8.46. The Balaban J connectivity index is 1.63. The number of hydrogen-bond donors (Lipinski definition) is 2. The van der Waals surface area contributed by atoms with Crippen LogP contribution in [0.2, 0.25) is 0 Å². The minimum absolute atomic E-state index is 0.0190. The van der Waals surface area contributed by atoms with E-state index in [4.69, 9.17) is 9.47 Å². The molecule has 1 aliphatic carbocycles. The van der Waals surface area contributed by atoms with Crippen LogP contribution in [0, 0.1) is 11.3 Å². The van der Waals surface area contributed by atoms with Crippen molar-refractivity contribution >= 4 is 12.0 Å². The van der Waals surface area contributed by atoms with E-state index in [0.29, 0.717) is 32.7 Å². The zero-order valence-electron chi connectivity index (χ0n) is 13.6. The van der Waals surface area contributed by atoms with E-state index in [2.05, 4.69) is 5.32 Å². The maximum Gasteiger partial charge on any atom is 0.317 e. The second kappa shape index (κ2) is 6.65. The van der Waals surface area contributed by atoms with Gasteiger partial charge in [0, 0.05) is 26.8 Å². The summed E-state index contributed by atoms with van der Waals surface area (Å²) in [6.07, 6.45) is 4.39. The fourth-order valence-corrected chi connectivity index (χ4v) is 4.38. The molecule has 7 heteroatoms. The van der Waals surface area contributed by atoms with Crippen LogP contribution in [-0.4, -0.2) is 67.6 Å². The summed E-state index contributed by atoms with van der Waals surface area (Å²) in [5.74, 6) is -0.683. The zero-order chi connectivity index (χ0) is 16.4. The number of ether oxygens (including phenoxy) is 2. The fraction of sp³-hybridized carbons (Fsp3) is 0.875. The highest BCUT2D eigenvalue weighted by molar-refractivity contribution is 5.80. The SMILES string of the molecule is COCC(NC(=O)N1C[C@@H]2CCC[C@@]2(C(=O)O)C1)C1CCCO1. The maximum absolute atomic E-state index is 12.6. The van der Waals surface area contributed by atoms with Crippen molar-refractivity contribution in [1.82, 2.24) is 10.2 Å². The molecule has 0 aromatic heterocycles. The quantitative estimate of drug-likeness (QED) is 0.789. The Bertz CT molecular complexity index is 465. The first-order valence-corrected chi connectivity index (χ1v) is 8.46. The molecule has 0 aromatic rings. The molecule has 4 atom stereocenters. The van der Waals surface area contributed by atoms with E-state index in [0.717, 1.165) is 25.7 Å². The number of carboxylic acids is 1. The molecule has 2 N–H and O–H groups in total. The highest BCUT2D eigenvalue weighted by atomic mass is 16.5. The second-order valence-corrected chi connectivity index (χ2v) is 6.99. The van der Waals surface area contributed by atoms with Gasteiger partial charge in [0.05, 0.1) is 24.2 Å². The Labute approximate surface area is 136 Å². The van der Waals surface area contributed by atoms with Gasteiger partial charge in [0.25, 0.3) is 0 Å². The lowest BCUT2D eigenvalue weighted by atomic mass is 9.81. The number of carbonyl (C=O) groups excluding carboxylic acids is 1. The Morgan fingerprint density at radius 1 is 1.43 bits per heavy atom.